The Labute approximate surface area is 178 Å². The summed E-state index contributed by atoms with van der Waals surface area (Å²) in [7, 11) is 1.84. The summed E-state index contributed by atoms with van der Waals surface area (Å²) in [5.41, 5.74) is 3.44. The van der Waals surface area contributed by atoms with E-state index in [2.05, 4.69) is 32.5 Å². The molecule has 3 aromatic heterocycles. The highest BCUT2D eigenvalue weighted by atomic mass is 19.1. The number of aryl methyl sites for hydroxylation is 2. The minimum absolute atomic E-state index is 0.233. The number of piperazine rings is 1. The van der Waals surface area contributed by atoms with E-state index in [1.807, 2.05) is 19.3 Å². The zero-order valence-corrected chi connectivity index (χ0v) is 17.7. The highest BCUT2D eigenvalue weighted by Crippen LogP contribution is 2.31. The summed E-state index contributed by atoms with van der Waals surface area (Å²) in [5, 5.41) is 11.7. The molecule has 1 aromatic carbocycles. The number of hydrogen-bond donors (Lipinski definition) is 2. The van der Waals surface area contributed by atoms with Crippen LogP contribution in [-0.4, -0.2) is 50.7 Å². The van der Waals surface area contributed by atoms with E-state index in [9.17, 15) is 9.18 Å². The minimum Gasteiger partial charge on any atom is -0.366 e. The Kier molecular flexibility index (Phi) is 4.62. The summed E-state index contributed by atoms with van der Waals surface area (Å²) in [6, 6.07) is 5.39. The predicted molar refractivity (Wildman–Crippen MR) is 118 cm³/mol. The van der Waals surface area contributed by atoms with E-state index in [0.717, 1.165) is 30.7 Å². The van der Waals surface area contributed by atoms with Crippen molar-refractivity contribution in [1.82, 2.24) is 24.5 Å². The molecule has 1 aliphatic heterocycles. The van der Waals surface area contributed by atoms with Crippen molar-refractivity contribution >= 4 is 33.8 Å². The van der Waals surface area contributed by atoms with Gasteiger partial charge in [-0.1, -0.05) is 0 Å². The topological polar surface area (TPSA) is 79.5 Å². The highest BCUT2D eigenvalue weighted by molar-refractivity contribution is 6.13. The molecule has 8 nitrogen and oxygen atoms in total. The van der Waals surface area contributed by atoms with E-state index in [-0.39, 0.29) is 11.6 Å². The monoisotopic (exact) mass is 421 g/mol. The molecule has 1 fully saturated rings. The van der Waals surface area contributed by atoms with Crippen LogP contribution in [0.1, 0.15) is 23.0 Å². The third kappa shape index (κ3) is 3.40. The van der Waals surface area contributed by atoms with Gasteiger partial charge in [0.1, 0.15) is 5.52 Å². The number of nitrogens with zero attached hydrogens (tertiary/aromatic N) is 5. The Morgan fingerprint density at radius 3 is 2.94 bits per heavy atom. The standard InChI is InChI=1S/C22H24FN7O/c1-13-10-29-11-15(8-18(23)21(29)25-13)26-22(31)16-4-5-19(17-12-28(3)27-20(16)17)30-7-6-24-9-14(30)2/h4-5,8,10-12,14,24H,6-7,9H2,1-3H3,(H,26,31)/t14-/m0/s1. The van der Waals surface area contributed by atoms with Gasteiger partial charge in [-0.3, -0.25) is 9.48 Å². The van der Waals surface area contributed by atoms with Crippen LogP contribution in [0.15, 0.2) is 36.8 Å². The number of hydrogen-bond acceptors (Lipinski definition) is 5. The lowest BCUT2D eigenvalue weighted by Gasteiger charge is -2.36. The Morgan fingerprint density at radius 1 is 1.29 bits per heavy atom. The maximum Gasteiger partial charge on any atom is 0.257 e. The SMILES string of the molecule is Cc1cn2cc(NC(=O)c3ccc(N4CCNC[C@@H]4C)c4cn(C)nc34)cc(F)c2n1. The van der Waals surface area contributed by atoms with Crippen LogP contribution in [0.3, 0.4) is 0 Å². The molecule has 31 heavy (non-hydrogen) atoms. The number of rotatable bonds is 3. The molecular weight excluding hydrogens is 397 g/mol. The lowest BCUT2D eigenvalue weighted by Crippen LogP contribution is -2.50. The summed E-state index contributed by atoms with van der Waals surface area (Å²) >= 11 is 0. The van der Waals surface area contributed by atoms with Gasteiger partial charge in [-0.2, -0.15) is 5.10 Å². The fourth-order valence-corrected chi connectivity index (χ4v) is 4.28. The number of halogens is 1. The van der Waals surface area contributed by atoms with Crippen molar-refractivity contribution < 1.29 is 9.18 Å². The first kappa shape index (κ1) is 19.5. The molecule has 9 heteroatoms. The number of nitrogens with one attached hydrogen (secondary N) is 2. The smallest absolute Gasteiger partial charge is 0.257 e. The molecule has 0 aliphatic carbocycles. The van der Waals surface area contributed by atoms with Crippen molar-refractivity contribution in [3.8, 4) is 0 Å². The number of carbonyl (C=O) groups excluding carboxylic acids is 1. The summed E-state index contributed by atoms with van der Waals surface area (Å²) in [6.07, 6.45) is 5.31. The molecule has 5 rings (SSSR count). The average Bonchev–Trinajstić information content (AvgIpc) is 3.29. The molecule has 1 amide bonds. The largest absolute Gasteiger partial charge is 0.366 e. The predicted octanol–water partition coefficient (Wildman–Crippen LogP) is 2.72. The van der Waals surface area contributed by atoms with Crippen molar-refractivity contribution in [1.29, 1.82) is 0 Å². The van der Waals surface area contributed by atoms with Crippen LogP contribution in [0.4, 0.5) is 15.8 Å². The minimum atomic E-state index is -0.489. The second-order valence-corrected chi connectivity index (χ2v) is 8.09. The Balaban J connectivity index is 1.51. The first-order chi connectivity index (χ1) is 14.9. The fourth-order valence-electron chi connectivity index (χ4n) is 4.28. The van der Waals surface area contributed by atoms with Crippen LogP contribution in [-0.2, 0) is 7.05 Å². The van der Waals surface area contributed by atoms with Gasteiger partial charge in [0.15, 0.2) is 11.5 Å². The van der Waals surface area contributed by atoms with Gasteiger partial charge in [-0.05, 0) is 26.0 Å². The second-order valence-electron chi connectivity index (χ2n) is 8.09. The summed E-state index contributed by atoms with van der Waals surface area (Å²) in [6.45, 7) is 6.68. The first-order valence-corrected chi connectivity index (χ1v) is 10.3. The third-order valence-electron chi connectivity index (χ3n) is 5.71. The van der Waals surface area contributed by atoms with Gasteiger partial charge in [-0.15, -0.1) is 0 Å². The lowest BCUT2D eigenvalue weighted by atomic mass is 10.1. The molecule has 1 aliphatic rings. The van der Waals surface area contributed by atoms with Crippen LogP contribution < -0.4 is 15.5 Å². The lowest BCUT2D eigenvalue weighted by molar-refractivity contribution is 0.102. The second kappa shape index (κ2) is 7.35. The van der Waals surface area contributed by atoms with Gasteiger partial charge < -0.3 is 19.9 Å². The van der Waals surface area contributed by atoms with Crippen LogP contribution in [0.5, 0.6) is 0 Å². The van der Waals surface area contributed by atoms with Crippen LogP contribution in [0.2, 0.25) is 0 Å². The van der Waals surface area contributed by atoms with Crippen molar-refractivity contribution in [2.24, 2.45) is 7.05 Å². The Hall–Kier alpha value is -3.46. The van der Waals surface area contributed by atoms with Gasteiger partial charge in [0.2, 0.25) is 0 Å². The van der Waals surface area contributed by atoms with Crippen LogP contribution in [0.25, 0.3) is 16.6 Å². The Morgan fingerprint density at radius 2 is 2.13 bits per heavy atom. The third-order valence-corrected chi connectivity index (χ3v) is 5.71. The molecule has 4 aromatic rings. The van der Waals surface area contributed by atoms with Gasteiger partial charge in [0.25, 0.3) is 5.91 Å². The number of anilines is 2. The quantitative estimate of drug-likeness (QED) is 0.532. The van der Waals surface area contributed by atoms with E-state index in [4.69, 9.17) is 0 Å². The number of aromatic nitrogens is 4. The van der Waals surface area contributed by atoms with E-state index in [1.165, 1.54) is 6.07 Å². The maximum absolute atomic E-state index is 14.4. The summed E-state index contributed by atoms with van der Waals surface area (Å²) in [4.78, 5) is 19.6. The number of pyridine rings is 1. The van der Waals surface area contributed by atoms with Gasteiger partial charge in [0.05, 0.1) is 16.9 Å². The molecule has 1 atom stereocenters. The molecule has 0 unspecified atom stereocenters. The van der Waals surface area contributed by atoms with Crippen molar-refractivity contribution in [3.63, 3.8) is 0 Å². The average molecular weight is 421 g/mol. The molecule has 0 spiro atoms. The summed E-state index contributed by atoms with van der Waals surface area (Å²) in [5.74, 6) is -0.823. The molecule has 2 N–H and O–H groups in total. The van der Waals surface area contributed by atoms with Crippen LogP contribution >= 0.6 is 0 Å². The number of amides is 1. The fraction of sp³-hybridized carbons (Fsp3) is 0.318. The number of fused-ring (bicyclic) bond motifs is 2. The maximum atomic E-state index is 14.4. The van der Waals surface area contributed by atoms with E-state index >= 15 is 0 Å². The number of carbonyl (C=O) groups is 1. The molecule has 160 valence electrons. The molecule has 0 saturated carbocycles. The first-order valence-electron chi connectivity index (χ1n) is 10.3. The number of imidazole rings is 1. The van der Waals surface area contributed by atoms with E-state index < -0.39 is 5.82 Å². The normalized spacial score (nSPS) is 16.9. The van der Waals surface area contributed by atoms with Crippen molar-refractivity contribution in [2.75, 3.05) is 29.9 Å². The van der Waals surface area contributed by atoms with Gasteiger partial charge in [0, 0.05) is 68.5 Å². The molecule has 0 bridgehead atoms. The van der Waals surface area contributed by atoms with Crippen molar-refractivity contribution in [3.05, 3.63) is 53.9 Å². The molecule has 0 radical (unpaired) electrons. The molecular formula is C22H24FN7O. The zero-order valence-electron chi connectivity index (χ0n) is 17.7. The number of benzene rings is 1. The molecule has 1 saturated heterocycles. The van der Waals surface area contributed by atoms with Crippen molar-refractivity contribution in [2.45, 2.75) is 19.9 Å². The highest BCUT2D eigenvalue weighted by Gasteiger charge is 2.23. The van der Waals surface area contributed by atoms with Gasteiger partial charge in [-0.25, -0.2) is 9.37 Å². The van der Waals surface area contributed by atoms with E-state index in [0.29, 0.717) is 28.5 Å². The Bertz CT molecular complexity index is 1310. The van der Waals surface area contributed by atoms with Gasteiger partial charge >= 0.3 is 0 Å². The molecule has 4 heterocycles. The zero-order chi connectivity index (χ0) is 21.7. The summed E-state index contributed by atoms with van der Waals surface area (Å²) < 4.78 is 17.7. The van der Waals surface area contributed by atoms with Crippen LogP contribution in [0, 0.1) is 12.7 Å². The van der Waals surface area contributed by atoms with E-state index in [1.54, 1.807) is 34.5 Å².